The van der Waals surface area contributed by atoms with Gasteiger partial charge in [0.15, 0.2) is 0 Å². The fourth-order valence-corrected chi connectivity index (χ4v) is 6.76. The molecule has 4 aromatic rings. The largest absolute Gasteiger partial charge is 0.748 e. The fraction of sp³-hybridized carbons (Fsp3) is 0.174. The van der Waals surface area contributed by atoms with Crippen molar-refractivity contribution in [3.05, 3.63) is 76.0 Å². The van der Waals surface area contributed by atoms with Gasteiger partial charge in [0.2, 0.25) is 5.52 Å². The Balaban J connectivity index is 1.51. The van der Waals surface area contributed by atoms with Crippen LogP contribution in [0, 0.1) is 0 Å². The maximum atomic E-state index is 11.1. The van der Waals surface area contributed by atoms with Crippen molar-refractivity contribution in [1.29, 1.82) is 0 Å². The highest BCUT2D eigenvalue weighted by Crippen LogP contribution is 2.47. The van der Waals surface area contributed by atoms with Crippen molar-refractivity contribution < 1.29 is 17.5 Å². The SMILES string of the molecule is C[n+]1c(C=C2Sc3ccc(Cl)cc3N2CCCS(=O)(=O)[O-])sc2ccc(-n3cccc3)cc21. The van der Waals surface area contributed by atoms with Crippen LogP contribution in [-0.2, 0) is 17.2 Å². The number of thioether (sulfide) groups is 1. The van der Waals surface area contributed by atoms with Gasteiger partial charge in [0.25, 0.3) is 5.01 Å². The van der Waals surface area contributed by atoms with Gasteiger partial charge in [-0.15, -0.1) is 0 Å². The number of aryl methyl sites for hydroxylation is 1. The molecule has 0 fully saturated rings. The van der Waals surface area contributed by atoms with Crippen molar-refractivity contribution >= 4 is 66.8 Å². The van der Waals surface area contributed by atoms with Gasteiger partial charge in [-0.25, -0.2) is 8.42 Å². The minimum atomic E-state index is -4.26. The van der Waals surface area contributed by atoms with Crippen molar-refractivity contribution in [2.75, 3.05) is 17.2 Å². The van der Waals surface area contributed by atoms with E-state index in [0.717, 1.165) is 31.8 Å². The Bertz CT molecular complexity index is 1480. The third-order valence-electron chi connectivity index (χ3n) is 5.47. The summed E-state index contributed by atoms with van der Waals surface area (Å²) in [6.07, 6.45) is 6.40. The zero-order valence-electron chi connectivity index (χ0n) is 17.6. The minimum absolute atomic E-state index is 0.245. The predicted octanol–water partition coefficient (Wildman–Crippen LogP) is 5.02. The Morgan fingerprint density at radius 2 is 1.94 bits per heavy atom. The summed E-state index contributed by atoms with van der Waals surface area (Å²) in [4.78, 5) is 3.10. The summed E-state index contributed by atoms with van der Waals surface area (Å²) in [6, 6.07) is 16.1. The van der Waals surface area contributed by atoms with E-state index in [4.69, 9.17) is 11.6 Å². The standard InChI is InChI=1S/C23H20ClN3O3S3/c1-25-18-14-17(26-9-2-3-10-26)6-8-20(18)31-22(25)15-23-27(11-4-12-33(28,29)30)19-13-16(24)5-7-21(19)32-23/h2-3,5-10,13-15H,4,11-12H2,1H3. The number of thiazole rings is 1. The van der Waals surface area contributed by atoms with Crippen molar-refractivity contribution in [2.24, 2.45) is 7.05 Å². The third kappa shape index (κ3) is 4.69. The number of benzene rings is 2. The van der Waals surface area contributed by atoms with E-state index in [1.54, 1.807) is 23.1 Å². The van der Waals surface area contributed by atoms with Gasteiger partial charge in [-0.05, 0) is 48.9 Å². The molecule has 2 aromatic carbocycles. The Labute approximate surface area is 205 Å². The smallest absolute Gasteiger partial charge is 0.265 e. The van der Waals surface area contributed by atoms with Crippen LogP contribution in [-0.4, -0.2) is 29.8 Å². The van der Waals surface area contributed by atoms with Gasteiger partial charge in [-0.1, -0.05) is 34.7 Å². The molecule has 1 aliphatic heterocycles. The lowest BCUT2D eigenvalue weighted by atomic mass is 10.2. The molecule has 33 heavy (non-hydrogen) atoms. The molecule has 0 atom stereocenters. The van der Waals surface area contributed by atoms with Crippen molar-refractivity contribution in [3.63, 3.8) is 0 Å². The molecule has 6 nitrogen and oxygen atoms in total. The first-order valence-corrected chi connectivity index (χ1v) is 13.8. The average molecular weight is 518 g/mol. The van der Waals surface area contributed by atoms with Crippen LogP contribution in [0.2, 0.25) is 5.02 Å². The molecule has 0 radical (unpaired) electrons. The van der Waals surface area contributed by atoms with Crippen LogP contribution in [0.15, 0.2) is 70.8 Å². The van der Waals surface area contributed by atoms with Gasteiger partial charge in [-0.3, -0.25) is 0 Å². The zero-order chi connectivity index (χ0) is 23.2. The molecule has 0 bridgehead atoms. The van der Waals surface area contributed by atoms with Gasteiger partial charge < -0.3 is 14.0 Å². The summed E-state index contributed by atoms with van der Waals surface area (Å²) < 4.78 is 38.8. The van der Waals surface area contributed by atoms with Crippen LogP contribution in [0.1, 0.15) is 11.4 Å². The molecule has 0 saturated heterocycles. The highest BCUT2D eigenvalue weighted by molar-refractivity contribution is 8.03. The number of anilines is 1. The highest BCUT2D eigenvalue weighted by Gasteiger charge is 2.27. The Morgan fingerprint density at radius 1 is 1.15 bits per heavy atom. The van der Waals surface area contributed by atoms with Crippen LogP contribution in [0.3, 0.4) is 0 Å². The molecule has 0 spiro atoms. The molecule has 1 aliphatic rings. The quantitative estimate of drug-likeness (QED) is 0.265. The second-order valence-corrected chi connectivity index (χ2v) is 11.8. The van der Waals surface area contributed by atoms with Gasteiger partial charge >= 0.3 is 0 Å². The molecule has 2 aromatic heterocycles. The van der Waals surface area contributed by atoms with E-state index in [1.807, 2.05) is 54.7 Å². The van der Waals surface area contributed by atoms with E-state index in [9.17, 15) is 13.0 Å². The molecule has 0 N–H and O–H groups in total. The average Bonchev–Trinajstić information content (AvgIpc) is 3.47. The van der Waals surface area contributed by atoms with Crippen LogP contribution >= 0.6 is 34.7 Å². The van der Waals surface area contributed by atoms with Crippen molar-refractivity contribution in [1.82, 2.24) is 4.57 Å². The maximum Gasteiger partial charge on any atom is 0.265 e. The summed E-state index contributed by atoms with van der Waals surface area (Å²) in [7, 11) is -2.21. The van der Waals surface area contributed by atoms with E-state index in [1.165, 1.54) is 4.70 Å². The monoisotopic (exact) mass is 517 g/mol. The third-order valence-corrected chi connectivity index (χ3v) is 8.77. The molecule has 0 saturated carbocycles. The molecular weight excluding hydrogens is 498 g/mol. The molecule has 5 rings (SSSR count). The Kier molecular flexibility index (Phi) is 6.00. The first-order chi connectivity index (χ1) is 15.8. The molecule has 10 heteroatoms. The number of hydrogen-bond donors (Lipinski definition) is 0. The van der Waals surface area contributed by atoms with Gasteiger partial charge in [0.05, 0.1) is 32.6 Å². The van der Waals surface area contributed by atoms with Crippen molar-refractivity contribution in [2.45, 2.75) is 11.3 Å². The molecule has 170 valence electrons. The molecule has 0 unspecified atom stereocenters. The predicted molar refractivity (Wildman–Crippen MR) is 134 cm³/mol. The summed E-state index contributed by atoms with van der Waals surface area (Å²) in [5.41, 5.74) is 3.16. The van der Waals surface area contributed by atoms with E-state index in [-0.39, 0.29) is 6.42 Å². The topological polar surface area (TPSA) is 69.2 Å². The lowest BCUT2D eigenvalue weighted by Gasteiger charge is -2.20. The molecule has 3 heterocycles. The van der Waals surface area contributed by atoms with Gasteiger partial charge in [0, 0.05) is 40.7 Å². The fourth-order valence-electron chi connectivity index (χ4n) is 3.86. The van der Waals surface area contributed by atoms with E-state index in [0.29, 0.717) is 11.6 Å². The van der Waals surface area contributed by atoms with E-state index in [2.05, 4.69) is 33.4 Å². The summed E-state index contributed by atoms with van der Waals surface area (Å²) in [6.45, 7) is 0.417. The number of aromatic nitrogens is 2. The second kappa shape index (κ2) is 8.81. The first-order valence-electron chi connectivity index (χ1n) is 10.2. The molecule has 0 amide bonds. The van der Waals surface area contributed by atoms with Crippen LogP contribution in [0.5, 0.6) is 0 Å². The summed E-state index contributed by atoms with van der Waals surface area (Å²) in [5.74, 6) is -0.393. The summed E-state index contributed by atoms with van der Waals surface area (Å²) in [5, 5.41) is 2.66. The maximum absolute atomic E-state index is 11.1. The molecule has 0 aliphatic carbocycles. The zero-order valence-corrected chi connectivity index (χ0v) is 20.8. The number of fused-ring (bicyclic) bond motifs is 2. The normalized spacial score (nSPS) is 15.0. The number of rotatable bonds is 6. The first kappa shape index (κ1) is 22.5. The lowest BCUT2D eigenvalue weighted by molar-refractivity contribution is -0.642. The Morgan fingerprint density at radius 3 is 2.70 bits per heavy atom. The van der Waals surface area contributed by atoms with Crippen LogP contribution < -0.4 is 9.47 Å². The number of hydrogen-bond acceptors (Lipinski definition) is 6. The van der Waals surface area contributed by atoms with E-state index < -0.39 is 15.9 Å². The number of nitrogens with zero attached hydrogens (tertiary/aromatic N) is 3. The highest BCUT2D eigenvalue weighted by atomic mass is 35.5. The van der Waals surface area contributed by atoms with E-state index >= 15 is 0 Å². The summed E-state index contributed by atoms with van der Waals surface area (Å²) >= 11 is 9.54. The molecular formula is C23H20ClN3O3S3. The van der Waals surface area contributed by atoms with Crippen LogP contribution in [0.4, 0.5) is 5.69 Å². The Hall–Kier alpha value is -2.30. The van der Waals surface area contributed by atoms with Gasteiger partial charge in [-0.2, -0.15) is 4.57 Å². The lowest BCUT2D eigenvalue weighted by Crippen LogP contribution is -2.29. The minimum Gasteiger partial charge on any atom is -0.748 e. The van der Waals surface area contributed by atoms with Crippen LogP contribution in [0.25, 0.3) is 22.0 Å². The number of halogens is 1. The van der Waals surface area contributed by atoms with Crippen molar-refractivity contribution in [3.8, 4) is 5.69 Å². The second-order valence-electron chi connectivity index (χ2n) is 7.71. The van der Waals surface area contributed by atoms with Gasteiger partial charge in [0.1, 0.15) is 11.7 Å².